The molecular formula is C26H24BrN3O2S2. The van der Waals surface area contributed by atoms with Crippen molar-refractivity contribution in [2.45, 2.75) is 43.8 Å². The fourth-order valence-corrected chi connectivity index (χ4v) is 6.67. The lowest BCUT2D eigenvalue weighted by molar-refractivity contribution is -0.113. The lowest BCUT2D eigenvalue weighted by Crippen LogP contribution is -2.25. The van der Waals surface area contributed by atoms with Crippen molar-refractivity contribution in [3.8, 4) is 0 Å². The van der Waals surface area contributed by atoms with Crippen LogP contribution in [-0.2, 0) is 30.6 Å². The van der Waals surface area contributed by atoms with E-state index in [1.165, 1.54) is 34.2 Å². The molecule has 8 heteroatoms. The molecule has 1 aliphatic carbocycles. The van der Waals surface area contributed by atoms with Crippen LogP contribution >= 0.6 is 39.0 Å². The number of amides is 1. The van der Waals surface area contributed by atoms with E-state index in [4.69, 9.17) is 4.98 Å². The molecule has 0 saturated carbocycles. The van der Waals surface area contributed by atoms with Gasteiger partial charge in [0, 0.05) is 21.6 Å². The number of fused-ring (bicyclic) bond motifs is 3. The molecule has 2 aromatic heterocycles. The summed E-state index contributed by atoms with van der Waals surface area (Å²) < 4.78 is 2.73. The molecule has 2 aromatic carbocycles. The predicted octanol–water partition coefficient (Wildman–Crippen LogP) is 6.07. The van der Waals surface area contributed by atoms with Crippen LogP contribution in [0.25, 0.3) is 10.2 Å². The van der Waals surface area contributed by atoms with Crippen LogP contribution in [0, 0.1) is 0 Å². The van der Waals surface area contributed by atoms with Crippen molar-refractivity contribution in [1.29, 1.82) is 0 Å². The van der Waals surface area contributed by atoms with Gasteiger partial charge < -0.3 is 5.32 Å². The monoisotopic (exact) mass is 553 g/mol. The number of thioether (sulfide) groups is 1. The summed E-state index contributed by atoms with van der Waals surface area (Å²) in [6.45, 7) is 0.535. The van der Waals surface area contributed by atoms with Gasteiger partial charge in [0.1, 0.15) is 4.83 Å². The topological polar surface area (TPSA) is 64.0 Å². The van der Waals surface area contributed by atoms with Gasteiger partial charge in [-0.2, -0.15) is 0 Å². The number of nitrogens with one attached hydrogen (secondary N) is 1. The molecular weight excluding hydrogens is 530 g/mol. The SMILES string of the molecule is O=C(CSc1nc2sc3c(c2c(=O)n1CCc1ccccc1)CCCC3)Nc1ccc(Br)cc1. The first-order chi connectivity index (χ1) is 16.6. The highest BCUT2D eigenvalue weighted by atomic mass is 79.9. The largest absolute Gasteiger partial charge is 0.325 e. The van der Waals surface area contributed by atoms with E-state index in [1.807, 2.05) is 42.5 Å². The van der Waals surface area contributed by atoms with E-state index in [2.05, 4.69) is 33.4 Å². The van der Waals surface area contributed by atoms with Gasteiger partial charge in [0.15, 0.2) is 5.16 Å². The van der Waals surface area contributed by atoms with Crippen molar-refractivity contribution in [1.82, 2.24) is 9.55 Å². The molecule has 1 amide bonds. The molecule has 0 atom stereocenters. The van der Waals surface area contributed by atoms with Gasteiger partial charge in [0.25, 0.3) is 5.56 Å². The molecule has 0 radical (unpaired) electrons. The van der Waals surface area contributed by atoms with Gasteiger partial charge in [-0.25, -0.2) is 4.98 Å². The quantitative estimate of drug-likeness (QED) is 0.223. The molecule has 5 nitrogen and oxygen atoms in total. The minimum absolute atomic E-state index is 0.0242. The fraction of sp³-hybridized carbons (Fsp3) is 0.269. The van der Waals surface area contributed by atoms with E-state index < -0.39 is 0 Å². The molecule has 5 rings (SSSR count). The number of nitrogens with zero attached hydrogens (tertiary/aromatic N) is 2. The van der Waals surface area contributed by atoms with E-state index in [1.54, 1.807) is 15.9 Å². The first kappa shape index (κ1) is 23.3. The number of rotatable bonds is 7. The zero-order valence-electron chi connectivity index (χ0n) is 18.6. The molecule has 0 unspecified atom stereocenters. The van der Waals surface area contributed by atoms with Gasteiger partial charge in [-0.3, -0.25) is 14.2 Å². The molecule has 0 fully saturated rings. The molecule has 2 heterocycles. The van der Waals surface area contributed by atoms with Crippen LogP contribution in [-0.4, -0.2) is 21.2 Å². The average molecular weight is 555 g/mol. The van der Waals surface area contributed by atoms with Crippen molar-refractivity contribution >= 4 is 60.8 Å². The van der Waals surface area contributed by atoms with Crippen LogP contribution in [0.1, 0.15) is 28.8 Å². The Balaban J connectivity index is 1.43. The summed E-state index contributed by atoms with van der Waals surface area (Å²) in [6.07, 6.45) is 5.00. The summed E-state index contributed by atoms with van der Waals surface area (Å²) in [5, 5.41) is 4.31. The smallest absolute Gasteiger partial charge is 0.263 e. The molecule has 0 saturated heterocycles. The van der Waals surface area contributed by atoms with Crippen molar-refractivity contribution in [2.24, 2.45) is 0 Å². The maximum Gasteiger partial charge on any atom is 0.263 e. The minimum Gasteiger partial charge on any atom is -0.325 e. The summed E-state index contributed by atoms with van der Waals surface area (Å²) in [5.74, 6) is 0.0616. The Labute approximate surface area is 214 Å². The van der Waals surface area contributed by atoms with E-state index in [9.17, 15) is 9.59 Å². The first-order valence-electron chi connectivity index (χ1n) is 11.4. The Bertz CT molecular complexity index is 1380. The second-order valence-corrected chi connectivity index (χ2v) is 11.3. The Kier molecular flexibility index (Phi) is 7.18. The van der Waals surface area contributed by atoms with Crippen LogP contribution < -0.4 is 10.9 Å². The third-order valence-corrected chi connectivity index (χ3v) is 8.66. The third-order valence-electron chi connectivity index (χ3n) is 5.97. The standard InChI is InChI=1S/C26H24BrN3O2S2/c27-18-10-12-19(13-11-18)28-22(31)16-33-26-29-24-23(20-8-4-5-9-21(20)34-24)25(32)30(26)15-14-17-6-2-1-3-7-17/h1-3,6-7,10-13H,4-5,8-9,14-16H2,(H,28,31). The van der Waals surface area contributed by atoms with Gasteiger partial charge in [-0.05, 0) is 67.5 Å². The van der Waals surface area contributed by atoms with Crippen LogP contribution in [0.4, 0.5) is 5.69 Å². The van der Waals surface area contributed by atoms with Crippen LogP contribution in [0.5, 0.6) is 0 Å². The highest BCUT2D eigenvalue weighted by Gasteiger charge is 2.22. The third kappa shape index (κ3) is 5.14. The second kappa shape index (κ2) is 10.5. The number of anilines is 1. The Morgan fingerprint density at radius 2 is 1.85 bits per heavy atom. The number of aromatic nitrogens is 2. The maximum atomic E-state index is 13.7. The maximum absolute atomic E-state index is 13.7. The molecule has 1 aliphatic rings. The molecule has 174 valence electrons. The fourth-order valence-electron chi connectivity index (χ4n) is 4.27. The summed E-state index contributed by atoms with van der Waals surface area (Å²) in [4.78, 5) is 33.3. The summed E-state index contributed by atoms with van der Waals surface area (Å²) in [7, 11) is 0. The Morgan fingerprint density at radius 1 is 1.09 bits per heavy atom. The predicted molar refractivity (Wildman–Crippen MR) is 144 cm³/mol. The Hall–Kier alpha value is -2.42. The number of benzene rings is 2. The number of hydrogen-bond acceptors (Lipinski definition) is 5. The molecule has 1 N–H and O–H groups in total. The van der Waals surface area contributed by atoms with E-state index in [-0.39, 0.29) is 17.2 Å². The highest BCUT2D eigenvalue weighted by molar-refractivity contribution is 9.10. The average Bonchev–Trinajstić information content (AvgIpc) is 3.23. The van der Waals surface area contributed by atoms with Crippen LogP contribution in [0.3, 0.4) is 0 Å². The van der Waals surface area contributed by atoms with Crippen molar-refractivity contribution in [3.05, 3.63) is 85.4 Å². The molecule has 0 spiro atoms. The number of carbonyl (C=O) groups excluding carboxylic acids is 1. The molecule has 0 bridgehead atoms. The zero-order chi connectivity index (χ0) is 23.5. The number of thiophene rings is 1. The Morgan fingerprint density at radius 3 is 2.65 bits per heavy atom. The second-order valence-electron chi connectivity index (χ2n) is 8.32. The summed E-state index contributed by atoms with van der Waals surface area (Å²) in [6, 6.07) is 17.6. The van der Waals surface area contributed by atoms with Gasteiger partial charge in [-0.1, -0.05) is 58.0 Å². The van der Waals surface area contributed by atoms with Gasteiger partial charge >= 0.3 is 0 Å². The van der Waals surface area contributed by atoms with Crippen molar-refractivity contribution < 1.29 is 4.79 Å². The minimum atomic E-state index is -0.123. The molecule has 4 aromatic rings. The number of carbonyl (C=O) groups is 1. The first-order valence-corrected chi connectivity index (χ1v) is 14.0. The highest BCUT2D eigenvalue weighted by Crippen LogP contribution is 2.34. The molecule has 34 heavy (non-hydrogen) atoms. The van der Waals surface area contributed by atoms with Crippen molar-refractivity contribution in [3.63, 3.8) is 0 Å². The van der Waals surface area contributed by atoms with Crippen LogP contribution in [0.2, 0.25) is 0 Å². The van der Waals surface area contributed by atoms with E-state index >= 15 is 0 Å². The van der Waals surface area contributed by atoms with Gasteiger partial charge in [0.2, 0.25) is 5.91 Å². The number of halogens is 1. The van der Waals surface area contributed by atoms with Gasteiger partial charge in [0.05, 0.1) is 11.1 Å². The lowest BCUT2D eigenvalue weighted by Gasteiger charge is -2.14. The summed E-state index contributed by atoms with van der Waals surface area (Å²) in [5.41, 5.74) is 3.13. The molecule has 0 aliphatic heterocycles. The number of aryl methyl sites for hydroxylation is 3. The van der Waals surface area contributed by atoms with Crippen LogP contribution in [0.15, 0.2) is 69.0 Å². The van der Waals surface area contributed by atoms with Crippen molar-refractivity contribution in [2.75, 3.05) is 11.1 Å². The van der Waals surface area contributed by atoms with E-state index in [0.29, 0.717) is 11.7 Å². The lowest BCUT2D eigenvalue weighted by atomic mass is 9.97. The zero-order valence-corrected chi connectivity index (χ0v) is 21.8. The normalized spacial score (nSPS) is 13.1. The van der Waals surface area contributed by atoms with Gasteiger partial charge in [-0.15, -0.1) is 11.3 Å². The van der Waals surface area contributed by atoms with E-state index in [0.717, 1.165) is 46.1 Å². The summed E-state index contributed by atoms with van der Waals surface area (Å²) >= 11 is 6.37. The number of hydrogen-bond donors (Lipinski definition) is 1.